The summed E-state index contributed by atoms with van der Waals surface area (Å²) in [5.41, 5.74) is 4.38. The van der Waals surface area contributed by atoms with E-state index in [4.69, 9.17) is 26.1 Å². The summed E-state index contributed by atoms with van der Waals surface area (Å²) >= 11 is 7.70. The number of thioether (sulfide) groups is 1. The Hall–Kier alpha value is -3.03. The summed E-state index contributed by atoms with van der Waals surface area (Å²) < 4.78 is 41.3. The molecule has 1 aromatic heterocycles. The maximum atomic E-state index is 14.5. The zero-order chi connectivity index (χ0) is 25.2. The summed E-state index contributed by atoms with van der Waals surface area (Å²) in [6, 6.07) is 17.0. The van der Waals surface area contributed by atoms with Gasteiger partial charge < -0.3 is 9.47 Å². The van der Waals surface area contributed by atoms with E-state index in [1.54, 1.807) is 38.5 Å². The number of benzene rings is 3. The van der Waals surface area contributed by atoms with Gasteiger partial charge in [0, 0.05) is 27.9 Å². The van der Waals surface area contributed by atoms with E-state index in [0.29, 0.717) is 27.8 Å². The summed E-state index contributed by atoms with van der Waals surface area (Å²) in [5.74, 6) is 1.06. The number of fused-ring (bicyclic) bond motifs is 1. The predicted octanol–water partition coefficient (Wildman–Crippen LogP) is 7.58. The van der Waals surface area contributed by atoms with Gasteiger partial charge in [-0.15, -0.1) is 0 Å². The quantitative estimate of drug-likeness (QED) is 0.232. The molecule has 0 radical (unpaired) electrons. The average molecular weight is 527 g/mol. The molecule has 1 heterocycles. The molecular formula is C28H25ClF2N2O2S. The van der Waals surface area contributed by atoms with Crippen LogP contribution in [-0.2, 0) is 12.2 Å². The topological polar surface area (TPSA) is 36.3 Å². The van der Waals surface area contributed by atoms with E-state index >= 15 is 0 Å². The molecule has 4 aromatic rings. The Labute approximate surface area is 218 Å². The second-order valence-electron chi connectivity index (χ2n) is 8.59. The van der Waals surface area contributed by atoms with E-state index in [0.717, 1.165) is 47.1 Å². The molecule has 0 aliphatic heterocycles. The van der Waals surface area contributed by atoms with E-state index in [9.17, 15) is 8.78 Å². The van der Waals surface area contributed by atoms with Crippen LogP contribution in [0.15, 0.2) is 65.8 Å². The number of nitrogens with zero attached hydrogens (tertiary/aromatic N) is 2. The molecule has 8 heteroatoms. The van der Waals surface area contributed by atoms with Gasteiger partial charge in [0.05, 0.1) is 25.6 Å². The molecule has 0 bridgehead atoms. The molecule has 0 N–H and O–H groups in total. The van der Waals surface area contributed by atoms with Crippen molar-refractivity contribution in [2.45, 2.75) is 36.1 Å². The fraction of sp³-hybridized carbons (Fsp3) is 0.250. The van der Waals surface area contributed by atoms with Crippen molar-refractivity contribution in [3.63, 3.8) is 0 Å². The Kier molecular flexibility index (Phi) is 7.21. The highest BCUT2D eigenvalue weighted by Gasteiger charge is 2.31. The molecule has 1 unspecified atom stereocenters. The smallest absolute Gasteiger partial charge is 0.173 e. The SMILES string of the molecule is COc1ccc(C2CCCc3nc(SCc4c(F)cccc4Cl)n(-c4ccc(F)cc4)c32)cc1OC. The lowest BCUT2D eigenvalue weighted by Crippen LogP contribution is -2.15. The molecule has 0 spiro atoms. The van der Waals surface area contributed by atoms with Crippen LogP contribution in [0.4, 0.5) is 8.78 Å². The van der Waals surface area contributed by atoms with Crippen LogP contribution in [-0.4, -0.2) is 23.8 Å². The molecule has 1 atom stereocenters. The van der Waals surface area contributed by atoms with Crippen molar-refractivity contribution in [1.29, 1.82) is 0 Å². The minimum absolute atomic E-state index is 0.0532. The van der Waals surface area contributed by atoms with Crippen LogP contribution >= 0.6 is 23.4 Å². The summed E-state index contributed by atoms with van der Waals surface area (Å²) in [7, 11) is 3.24. The van der Waals surface area contributed by atoms with E-state index < -0.39 is 0 Å². The van der Waals surface area contributed by atoms with Gasteiger partial charge in [0.1, 0.15) is 11.6 Å². The first-order chi connectivity index (χ1) is 17.5. The van der Waals surface area contributed by atoms with E-state index in [-0.39, 0.29) is 17.6 Å². The third kappa shape index (κ3) is 4.70. The van der Waals surface area contributed by atoms with E-state index in [2.05, 4.69) is 10.6 Å². The fourth-order valence-corrected chi connectivity index (χ4v) is 6.13. The second kappa shape index (κ2) is 10.5. The lowest BCUT2D eigenvalue weighted by molar-refractivity contribution is 0.354. The third-order valence-electron chi connectivity index (χ3n) is 6.50. The van der Waals surface area contributed by atoms with E-state index in [1.807, 2.05) is 12.1 Å². The number of ether oxygens (including phenoxy) is 2. The van der Waals surface area contributed by atoms with Crippen LogP contribution in [0.1, 0.15) is 41.3 Å². The number of hydrogen-bond donors (Lipinski definition) is 0. The van der Waals surface area contributed by atoms with Gasteiger partial charge in [-0.3, -0.25) is 4.57 Å². The first kappa shape index (κ1) is 24.7. The van der Waals surface area contributed by atoms with Gasteiger partial charge >= 0.3 is 0 Å². The van der Waals surface area contributed by atoms with Crippen molar-refractivity contribution in [3.8, 4) is 17.2 Å². The number of methoxy groups -OCH3 is 2. The van der Waals surface area contributed by atoms with Crippen molar-refractivity contribution in [3.05, 3.63) is 99.8 Å². The highest BCUT2D eigenvalue weighted by molar-refractivity contribution is 7.98. The molecular weight excluding hydrogens is 502 g/mol. The highest BCUT2D eigenvalue weighted by atomic mass is 35.5. The van der Waals surface area contributed by atoms with Crippen molar-refractivity contribution in [2.75, 3.05) is 14.2 Å². The molecule has 3 aromatic carbocycles. The normalized spacial score (nSPS) is 15.0. The van der Waals surface area contributed by atoms with Crippen molar-refractivity contribution in [1.82, 2.24) is 9.55 Å². The monoisotopic (exact) mass is 526 g/mol. The predicted molar refractivity (Wildman–Crippen MR) is 139 cm³/mol. The van der Waals surface area contributed by atoms with Gasteiger partial charge in [0.2, 0.25) is 0 Å². The summed E-state index contributed by atoms with van der Waals surface area (Å²) in [5, 5.41) is 1.11. The van der Waals surface area contributed by atoms with E-state index in [1.165, 1.54) is 30.0 Å². The summed E-state index contributed by atoms with van der Waals surface area (Å²) in [6.45, 7) is 0. The molecule has 5 rings (SSSR count). The Morgan fingerprint density at radius 3 is 2.53 bits per heavy atom. The fourth-order valence-electron chi connectivity index (χ4n) is 4.74. The zero-order valence-electron chi connectivity index (χ0n) is 19.9. The molecule has 0 fully saturated rings. The first-order valence-electron chi connectivity index (χ1n) is 11.6. The Morgan fingerprint density at radius 1 is 1.03 bits per heavy atom. The van der Waals surface area contributed by atoms with Crippen LogP contribution in [0.3, 0.4) is 0 Å². The van der Waals surface area contributed by atoms with Crippen molar-refractivity contribution >= 4 is 23.4 Å². The van der Waals surface area contributed by atoms with Crippen LogP contribution < -0.4 is 9.47 Å². The molecule has 0 saturated carbocycles. The van der Waals surface area contributed by atoms with Gasteiger partial charge in [0.15, 0.2) is 16.7 Å². The Balaban J connectivity index is 1.61. The molecule has 1 aliphatic rings. The van der Waals surface area contributed by atoms with Gasteiger partial charge in [-0.25, -0.2) is 13.8 Å². The van der Waals surface area contributed by atoms with Gasteiger partial charge in [-0.05, 0) is 73.4 Å². The van der Waals surface area contributed by atoms with Crippen molar-refractivity contribution in [2.24, 2.45) is 0 Å². The van der Waals surface area contributed by atoms with Crippen molar-refractivity contribution < 1.29 is 18.3 Å². The maximum Gasteiger partial charge on any atom is 0.173 e. The molecule has 1 aliphatic carbocycles. The minimum atomic E-state index is -0.345. The molecule has 0 amide bonds. The maximum absolute atomic E-state index is 14.5. The number of aryl methyl sites for hydroxylation is 1. The largest absolute Gasteiger partial charge is 0.493 e. The third-order valence-corrected chi connectivity index (χ3v) is 7.82. The summed E-state index contributed by atoms with van der Waals surface area (Å²) in [4.78, 5) is 4.99. The number of halogens is 3. The van der Waals surface area contributed by atoms with Crippen LogP contribution in [0.2, 0.25) is 5.02 Å². The van der Waals surface area contributed by atoms with Crippen LogP contribution in [0.25, 0.3) is 5.69 Å². The average Bonchev–Trinajstić information content (AvgIpc) is 3.27. The number of hydrogen-bond acceptors (Lipinski definition) is 4. The Bertz CT molecular complexity index is 1370. The standard InChI is InChI=1S/C28H25ClF2N2O2S/c1-34-25-14-9-17(15-26(25)35-2)20-5-3-8-24-27(20)33(19-12-10-18(30)11-13-19)28(32-24)36-16-21-22(29)6-4-7-23(21)31/h4,6-7,9-15,20H,3,5,8,16H2,1-2H3. The summed E-state index contributed by atoms with van der Waals surface area (Å²) in [6.07, 6.45) is 2.75. The lowest BCUT2D eigenvalue weighted by atomic mass is 9.84. The number of aromatic nitrogens is 2. The molecule has 4 nitrogen and oxygen atoms in total. The van der Waals surface area contributed by atoms with Gasteiger partial charge in [-0.1, -0.05) is 35.5 Å². The number of rotatable bonds is 7. The second-order valence-corrected chi connectivity index (χ2v) is 9.94. The van der Waals surface area contributed by atoms with Gasteiger partial charge in [-0.2, -0.15) is 0 Å². The van der Waals surface area contributed by atoms with Gasteiger partial charge in [0.25, 0.3) is 0 Å². The lowest BCUT2D eigenvalue weighted by Gasteiger charge is -2.26. The molecule has 186 valence electrons. The van der Waals surface area contributed by atoms with Crippen LogP contribution in [0, 0.1) is 11.6 Å². The molecule has 0 saturated heterocycles. The van der Waals surface area contributed by atoms with Crippen LogP contribution in [0.5, 0.6) is 11.5 Å². The minimum Gasteiger partial charge on any atom is -0.493 e. The molecule has 36 heavy (non-hydrogen) atoms. The zero-order valence-corrected chi connectivity index (χ0v) is 21.5. The highest BCUT2D eigenvalue weighted by Crippen LogP contribution is 2.43. The first-order valence-corrected chi connectivity index (χ1v) is 13.0. The number of imidazole rings is 1. The Morgan fingerprint density at radius 2 is 1.81 bits per heavy atom.